The monoisotopic (exact) mass is 473 g/mol. The molecule has 2 amide bonds. The molecular weight excluding hydrogens is 441 g/mol. The topological polar surface area (TPSA) is 61.4 Å². The minimum Gasteiger partial charge on any atom is -0.371 e. The first-order valence-electron chi connectivity index (χ1n) is 12.2. The van der Waals surface area contributed by atoms with Crippen LogP contribution in [-0.2, 0) is 17.8 Å². The van der Waals surface area contributed by atoms with E-state index in [1.807, 2.05) is 42.5 Å². The molecule has 2 N–H and O–H groups in total. The van der Waals surface area contributed by atoms with Crippen LogP contribution in [0.15, 0.2) is 72.8 Å². The van der Waals surface area contributed by atoms with Crippen LogP contribution in [0, 0.1) is 11.7 Å². The summed E-state index contributed by atoms with van der Waals surface area (Å²) in [4.78, 5) is 28.1. The van der Waals surface area contributed by atoms with Gasteiger partial charge < -0.3 is 15.5 Å². The summed E-state index contributed by atoms with van der Waals surface area (Å²) in [5.41, 5.74) is 3.93. The van der Waals surface area contributed by atoms with Crippen molar-refractivity contribution < 1.29 is 14.0 Å². The number of halogens is 1. The van der Waals surface area contributed by atoms with Gasteiger partial charge in [0.25, 0.3) is 5.91 Å². The number of nitrogens with zero attached hydrogens (tertiary/aromatic N) is 1. The van der Waals surface area contributed by atoms with Crippen molar-refractivity contribution in [3.8, 4) is 0 Å². The van der Waals surface area contributed by atoms with E-state index in [0.717, 1.165) is 42.7 Å². The molecule has 3 aromatic rings. The van der Waals surface area contributed by atoms with Gasteiger partial charge in [0.05, 0.1) is 5.56 Å². The van der Waals surface area contributed by atoms with Gasteiger partial charge >= 0.3 is 0 Å². The number of anilines is 2. The molecule has 0 atom stereocenters. The van der Waals surface area contributed by atoms with E-state index in [1.165, 1.54) is 12.1 Å². The third kappa shape index (κ3) is 6.92. The standard InChI is InChI=1S/C29H32FN3O2/c1-21-15-17-33(18-16-21)27-13-12-25(32-28(34)14-9-22-5-3-2-4-6-22)19-26(27)29(35)31-20-23-7-10-24(30)11-8-23/h2-8,10-13,19,21H,9,14-18,20H2,1H3,(H,31,35)(H,32,34). The highest BCUT2D eigenvalue weighted by Crippen LogP contribution is 2.29. The highest BCUT2D eigenvalue weighted by molar-refractivity contribution is 6.02. The van der Waals surface area contributed by atoms with Gasteiger partial charge in [-0.25, -0.2) is 4.39 Å². The van der Waals surface area contributed by atoms with Crippen LogP contribution in [-0.4, -0.2) is 24.9 Å². The zero-order valence-electron chi connectivity index (χ0n) is 20.1. The first-order chi connectivity index (χ1) is 17.0. The number of aryl methyl sites for hydroxylation is 1. The van der Waals surface area contributed by atoms with E-state index in [-0.39, 0.29) is 17.6 Å². The molecule has 0 saturated carbocycles. The Morgan fingerprint density at radius 3 is 2.37 bits per heavy atom. The number of hydrogen-bond donors (Lipinski definition) is 2. The van der Waals surface area contributed by atoms with Crippen molar-refractivity contribution in [1.29, 1.82) is 0 Å². The lowest BCUT2D eigenvalue weighted by Gasteiger charge is -2.33. The number of nitrogens with one attached hydrogen (secondary N) is 2. The minimum atomic E-state index is -0.308. The van der Waals surface area contributed by atoms with Crippen molar-refractivity contribution in [3.05, 3.63) is 95.3 Å². The summed E-state index contributed by atoms with van der Waals surface area (Å²) in [5.74, 6) is 0.0528. The number of benzene rings is 3. The van der Waals surface area contributed by atoms with E-state index < -0.39 is 0 Å². The van der Waals surface area contributed by atoms with Gasteiger partial charge in [0.2, 0.25) is 5.91 Å². The van der Waals surface area contributed by atoms with Crippen molar-refractivity contribution in [2.75, 3.05) is 23.3 Å². The second-order valence-electron chi connectivity index (χ2n) is 9.24. The fourth-order valence-electron chi connectivity index (χ4n) is 4.33. The smallest absolute Gasteiger partial charge is 0.253 e. The normalized spacial score (nSPS) is 13.9. The Kier molecular flexibility index (Phi) is 8.14. The van der Waals surface area contributed by atoms with E-state index in [4.69, 9.17) is 0 Å². The van der Waals surface area contributed by atoms with Gasteiger partial charge in [0.15, 0.2) is 0 Å². The average Bonchev–Trinajstić information content (AvgIpc) is 2.88. The molecule has 0 aromatic heterocycles. The Balaban J connectivity index is 1.48. The van der Waals surface area contributed by atoms with Crippen molar-refractivity contribution in [3.63, 3.8) is 0 Å². The third-order valence-electron chi connectivity index (χ3n) is 6.50. The van der Waals surface area contributed by atoms with Crippen molar-refractivity contribution >= 4 is 23.2 Å². The fraction of sp³-hybridized carbons (Fsp3) is 0.310. The van der Waals surface area contributed by atoms with Gasteiger partial charge in [-0.15, -0.1) is 0 Å². The molecule has 3 aromatic carbocycles. The zero-order chi connectivity index (χ0) is 24.6. The third-order valence-corrected chi connectivity index (χ3v) is 6.50. The van der Waals surface area contributed by atoms with E-state index in [0.29, 0.717) is 36.6 Å². The molecule has 0 unspecified atom stereocenters. The Bertz CT molecular complexity index is 1140. The number of amides is 2. The molecule has 1 saturated heterocycles. The average molecular weight is 474 g/mol. The molecule has 182 valence electrons. The highest BCUT2D eigenvalue weighted by atomic mass is 19.1. The number of carbonyl (C=O) groups is 2. The molecule has 4 rings (SSSR count). The van der Waals surface area contributed by atoms with Crippen LogP contribution in [0.4, 0.5) is 15.8 Å². The van der Waals surface area contributed by atoms with Crippen molar-refractivity contribution in [1.82, 2.24) is 5.32 Å². The fourth-order valence-corrected chi connectivity index (χ4v) is 4.33. The molecule has 5 nitrogen and oxygen atoms in total. The molecule has 1 aliphatic heterocycles. The predicted octanol–water partition coefficient (Wildman–Crippen LogP) is 5.56. The second kappa shape index (κ2) is 11.6. The maximum absolute atomic E-state index is 13.2. The highest BCUT2D eigenvalue weighted by Gasteiger charge is 2.22. The van der Waals surface area contributed by atoms with Crippen LogP contribution in [0.1, 0.15) is 47.7 Å². The number of carbonyl (C=O) groups excluding carboxylic acids is 2. The van der Waals surface area contributed by atoms with Crippen LogP contribution in [0.3, 0.4) is 0 Å². The lowest BCUT2D eigenvalue weighted by Crippen LogP contribution is -2.35. The molecule has 6 heteroatoms. The lowest BCUT2D eigenvalue weighted by molar-refractivity contribution is -0.116. The van der Waals surface area contributed by atoms with Crippen molar-refractivity contribution in [2.24, 2.45) is 5.92 Å². The Hall–Kier alpha value is -3.67. The van der Waals surface area contributed by atoms with Gasteiger partial charge in [0.1, 0.15) is 5.82 Å². The van der Waals surface area contributed by atoms with Crippen LogP contribution in [0.25, 0.3) is 0 Å². The van der Waals surface area contributed by atoms with E-state index >= 15 is 0 Å². The van der Waals surface area contributed by atoms with Gasteiger partial charge in [-0.2, -0.15) is 0 Å². The summed E-state index contributed by atoms with van der Waals surface area (Å²) < 4.78 is 13.2. The molecule has 1 heterocycles. The van der Waals surface area contributed by atoms with Gasteiger partial charge in [0, 0.05) is 37.4 Å². The molecule has 0 aliphatic carbocycles. The van der Waals surface area contributed by atoms with Crippen molar-refractivity contribution in [2.45, 2.75) is 39.2 Å². The molecular formula is C29H32FN3O2. The Labute approximate surface area is 206 Å². The molecule has 0 radical (unpaired) electrons. The summed E-state index contributed by atoms with van der Waals surface area (Å²) in [6.45, 7) is 4.33. The number of piperidine rings is 1. The summed E-state index contributed by atoms with van der Waals surface area (Å²) >= 11 is 0. The van der Waals surface area contributed by atoms with E-state index in [2.05, 4.69) is 22.5 Å². The number of rotatable bonds is 8. The van der Waals surface area contributed by atoms with Gasteiger partial charge in [-0.1, -0.05) is 49.4 Å². The molecule has 35 heavy (non-hydrogen) atoms. The Morgan fingerprint density at radius 1 is 0.943 bits per heavy atom. The van der Waals surface area contributed by atoms with Crippen LogP contribution in [0.2, 0.25) is 0 Å². The first-order valence-corrected chi connectivity index (χ1v) is 12.2. The number of hydrogen-bond acceptors (Lipinski definition) is 3. The summed E-state index contributed by atoms with van der Waals surface area (Å²) in [6, 6.07) is 21.5. The van der Waals surface area contributed by atoms with E-state index in [1.54, 1.807) is 18.2 Å². The SMILES string of the molecule is CC1CCN(c2ccc(NC(=O)CCc3ccccc3)cc2C(=O)NCc2ccc(F)cc2)CC1. The molecule has 0 bridgehead atoms. The van der Waals surface area contributed by atoms with E-state index in [9.17, 15) is 14.0 Å². The van der Waals surface area contributed by atoms with Gasteiger partial charge in [-0.05, 0) is 66.6 Å². The molecule has 1 aliphatic rings. The summed E-state index contributed by atoms with van der Waals surface area (Å²) in [5, 5.41) is 5.89. The largest absolute Gasteiger partial charge is 0.371 e. The minimum absolute atomic E-state index is 0.0916. The molecule has 0 spiro atoms. The maximum Gasteiger partial charge on any atom is 0.253 e. The second-order valence-corrected chi connectivity index (χ2v) is 9.24. The molecule has 1 fully saturated rings. The quantitative estimate of drug-likeness (QED) is 0.450. The maximum atomic E-state index is 13.2. The first kappa shape index (κ1) is 24.5. The van der Waals surface area contributed by atoms with Crippen LogP contribution in [0.5, 0.6) is 0 Å². The van der Waals surface area contributed by atoms with Crippen LogP contribution < -0.4 is 15.5 Å². The zero-order valence-corrected chi connectivity index (χ0v) is 20.1. The Morgan fingerprint density at radius 2 is 1.66 bits per heavy atom. The van der Waals surface area contributed by atoms with Gasteiger partial charge in [-0.3, -0.25) is 9.59 Å². The predicted molar refractivity (Wildman–Crippen MR) is 138 cm³/mol. The van der Waals surface area contributed by atoms with Crippen LogP contribution >= 0.6 is 0 Å². The summed E-state index contributed by atoms with van der Waals surface area (Å²) in [6.07, 6.45) is 3.17. The summed E-state index contributed by atoms with van der Waals surface area (Å²) in [7, 11) is 0. The lowest BCUT2D eigenvalue weighted by atomic mass is 9.97.